The third kappa shape index (κ3) is 0.847. The van der Waals surface area contributed by atoms with Crippen molar-refractivity contribution < 1.29 is 0 Å². The summed E-state index contributed by atoms with van der Waals surface area (Å²) in [4.78, 5) is 26.6. The molecule has 8 atom stereocenters. The van der Waals surface area contributed by atoms with Crippen molar-refractivity contribution in [3.05, 3.63) is 63.5 Å². The van der Waals surface area contributed by atoms with Crippen molar-refractivity contribution in [1.29, 1.82) is 0 Å². The standard InChI is InChI=1S/C20H17N3O2/c24-17-21(10-6-2-1-3-7-10)18(25)23-16-13-11-12(13)15(22(17)23)19-8-4-5-9-20(16,19)14(11)19/h1-7,11-16H,8-9H2/t11?,12-,13-,14?,15+,16+,19-,20+/m0/s1. The Labute approximate surface area is 143 Å². The minimum Gasteiger partial charge on any atom is -0.245 e. The Morgan fingerprint density at radius 2 is 1.36 bits per heavy atom. The van der Waals surface area contributed by atoms with E-state index in [9.17, 15) is 9.59 Å². The van der Waals surface area contributed by atoms with E-state index >= 15 is 0 Å². The van der Waals surface area contributed by atoms with Gasteiger partial charge in [-0.2, -0.15) is 0 Å². The fourth-order valence-corrected chi connectivity index (χ4v) is 8.62. The van der Waals surface area contributed by atoms with Crippen molar-refractivity contribution >= 4 is 0 Å². The maximum atomic E-state index is 13.3. The molecule has 0 radical (unpaired) electrons. The topological polar surface area (TPSA) is 48.9 Å². The first-order valence-electron chi connectivity index (χ1n) is 9.42. The number of benzene rings is 1. The molecule has 25 heavy (non-hydrogen) atoms. The number of allylic oxidation sites excluding steroid dienone is 2. The van der Waals surface area contributed by atoms with Crippen LogP contribution in [0.2, 0.25) is 0 Å². The van der Waals surface area contributed by atoms with Crippen LogP contribution >= 0.6 is 0 Å². The van der Waals surface area contributed by atoms with Crippen molar-refractivity contribution in [3.8, 4) is 5.69 Å². The van der Waals surface area contributed by atoms with Crippen LogP contribution in [0.3, 0.4) is 0 Å². The molecular weight excluding hydrogens is 314 g/mol. The molecular formula is C20H17N3O2. The largest absolute Gasteiger partial charge is 0.352 e. The molecule has 2 aromatic rings. The Hall–Kier alpha value is -2.30. The molecule has 2 unspecified atom stereocenters. The Morgan fingerprint density at radius 3 is 1.92 bits per heavy atom. The molecule has 0 N–H and O–H groups in total. The zero-order valence-electron chi connectivity index (χ0n) is 13.6. The third-order valence-corrected chi connectivity index (χ3v) is 8.88. The van der Waals surface area contributed by atoms with Gasteiger partial charge >= 0.3 is 11.4 Å². The molecule has 4 fully saturated rings. The summed E-state index contributed by atoms with van der Waals surface area (Å²) in [5.41, 5.74) is 1.02. The lowest BCUT2D eigenvalue weighted by atomic mass is 9.67. The van der Waals surface area contributed by atoms with Gasteiger partial charge in [-0.3, -0.25) is 0 Å². The number of nitrogens with zero attached hydrogens (tertiary/aromatic N) is 3. The Balaban J connectivity index is 1.48. The molecule has 0 saturated heterocycles. The molecule has 4 saturated carbocycles. The first-order chi connectivity index (χ1) is 12.2. The minimum atomic E-state index is -0.125. The van der Waals surface area contributed by atoms with Crippen molar-refractivity contribution in [1.82, 2.24) is 13.9 Å². The van der Waals surface area contributed by atoms with Gasteiger partial charge in [0.25, 0.3) is 0 Å². The molecule has 9 rings (SSSR count). The predicted octanol–water partition coefficient (Wildman–Crippen LogP) is 1.74. The van der Waals surface area contributed by atoms with E-state index in [0.29, 0.717) is 17.5 Å². The number of para-hydroxylation sites is 1. The van der Waals surface area contributed by atoms with E-state index in [1.54, 1.807) is 0 Å². The molecule has 5 aliphatic carbocycles. The predicted molar refractivity (Wildman–Crippen MR) is 89.6 cm³/mol. The summed E-state index contributed by atoms with van der Waals surface area (Å²) in [6, 6.07) is 9.91. The van der Waals surface area contributed by atoms with Gasteiger partial charge in [0.1, 0.15) is 0 Å². The maximum Gasteiger partial charge on any atom is 0.352 e. The van der Waals surface area contributed by atoms with E-state index < -0.39 is 0 Å². The van der Waals surface area contributed by atoms with Gasteiger partial charge in [0.05, 0.1) is 17.8 Å². The maximum absolute atomic E-state index is 13.3. The molecule has 124 valence electrons. The quantitative estimate of drug-likeness (QED) is 0.748. The van der Waals surface area contributed by atoms with Crippen molar-refractivity contribution in [2.45, 2.75) is 24.9 Å². The minimum absolute atomic E-state index is 0.125. The molecule has 2 spiro atoms. The summed E-state index contributed by atoms with van der Waals surface area (Å²) in [5.74, 6) is 2.86. The van der Waals surface area contributed by atoms with Crippen LogP contribution in [0.5, 0.6) is 0 Å². The second-order valence-electron chi connectivity index (χ2n) is 8.99. The van der Waals surface area contributed by atoms with Gasteiger partial charge in [-0.25, -0.2) is 23.5 Å². The fourth-order valence-electron chi connectivity index (χ4n) is 8.62. The fraction of sp³-hybridized carbons (Fsp3) is 0.500. The number of aromatic nitrogens is 3. The van der Waals surface area contributed by atoms with Crippen LogP contribution in [0.15, 0.2) is 52.1 Å². The van der Waals surface area contributed by atoms with Gasteiger partial charge in [0.15, 0.2) is 0 Å². The van der Waals surface area contributed by atoms with E-state index in [1.165, 1.54) is 4.57 Å². The highest BCUT2D eigenvalue weighted by atomic mass is 16.2. The van der Waals surface area contributed by atoms with Gasteiger partial charge in [-0.05, 0) is 48.6 Å². The Morgan fingerprint density at radius 1 is 0.800 bits per heavy atom. The van der Waals surface area contributed by atoms with Crippen molar-refractivity contribution in [3.63, 3.8) is 0 Å². The summed E-state index contributed by atoms with van der Waals surface area (Å²) in [6.45, 7) is 0. The Bertz CT molecular complexity index is 1090. The van der Waals surface area contributed by atoms with Crippen LogP contribution in [0.25, 0.3) is 5.69 Å². The monoisotopic (exact) mass is 331 g/mol. The first kappa shape index (κ1) is 12.1. The second-order valence-corrected chi connectivity index (χ2v) is 8.99. The smallest absolute Gasteiger partial charge is 0.245 e. The number of hydrogen-bond acceptors (Lipinski definition) is 2. The molecule has 0 amide bonds. The van der Waals surface area contributed by atoms with E-state index in [0.717, 1.165) is 24.7 Å². The highest BCUT2D eigenvalue weighted by molar-refractivity contribution is 5.51. The average molecular weight is 331 g/mol. The molecule has 3 heterocycles. The molecule has 1 aromatic carbocycles. The summed E-state index contributed by atoms with van der Waals surface area (Å²) in [6.07, 6.45) is 6.88. The molecule has 1 aromatic heterocycles. The van der Waals surface area contributed by atoms with E-state index in [2.05, 4.69) is 12.2 Å². The van der Waals surface area contributed by atoms with Crippen LogP contribution < -0.4 is 11.4 Å². The lowest BCUT2D eigenvalue weighted by Gasteiger charge is -2.49. The van der Waals surface area contributed by atoms with Gasteiger partial charge in [0, 0.05) is 10.8 Å². The van der Waals surface area contributed by atoms with Crippen LogP contribution in [-0.4, -0.2) is 13.9 Å². The van der Waals surface area contributed by atoms with E-state index in [4.69, 9.17) is 0 Å². The van der Waals surface area contributed by atoms with Gasteiger partial charge in [0.2, 0.25) is 0 Å². The van der Waals surface area contributed by atoms with Crippen LogP contribution in [0.4, 0.5) is 0 Å². The SMILES string of the molecule is O=c1n(-c2ccccc2)c(=O)n2n1[C@@H]1[C@H]3C4C5[C@@]16CC=CC[C@]56[C@H]2[C@@H]43. The summed E-state index contributed by atoms with van der Waals surface area (Å²) >= 11 is 0. The summed E-state index contributed by atoms with van der Waals surface area (Å²) in [5, 5.41) is 0. The van der Waals surface area contributed by atoms with Gasteiger partial charge < -0.3 is 0 Å². The number of rotatable bonds is 1. The summed E-state index contributed by atoms with van der Waals surface area (Å²) in [7, 11) is 0. The van der Waals surface area contributed by atoms with Crippen LogP contribution in [-0.2, 0) is 0 Å². The molecule has 2 bridgehead atoms. The first-order valence-corrected chi connectivity index (χ1v) is 9.42. The third-order valence-electron chi connectivity index (χ3n) is 8.88. The van der Waals surface area contributed by atoms with Crippen molar-refractivity contribution in [2.75, 3.05) is 0 Å². The lowest BCUT2D eigenvalue weighted by Crippen LogP contribution is -2.53. The zero-order chi connectivity index (χ0) is 16.3. The Kier molecular flexibility index (Phi) is 1.51. The highest BCUT2D eigenvalue weighted by Crippen LogP contribution is 3.04. The molecule has 2 aliphatic heterocycles. The molecule has 7 aliphatic rings. The van der Waals surface area contributed by atoms with Crippen molar-refractivity contribution in [2.24, 2.45) is 34.5 Å². The zero-order valence-corrected chi connectivity index (χ0v) is 13.6. The van der Waals surface area contributed by atoms with Crippen LogP contribution in [0, 0.1) is 34.5 Å². The summed E-state index contributed by atoms with van der Waals surface area (Å²) < 4.78 is 5.19. The average Bonchev–Trinajstić information content (AvgIpc) is 3.41. The lowest BCUT2D eigenvalue weighted by molar-refractivity contribution is -0.00147. The normalized spacial score (nSPS) is 50.6. The van der Waals surface area contributed by atoms with Crippen LogP contribution in [0.1, 0.15) is 24.9 Å². The highest BCUT2D eigenvalue weighted by Gasteiger charge is 3.02. The van der Waals surface area contributed by atoms with Gasteiger partial charge in [-0.1, -0.05) is 30.4 Å². The number of hydrogen-bond donors (Lipinski definition) is 0. The van der Waals surface area contributed by atoms with E-state index in [1.807, 2.05) is 39.7 Å². The van der Waals surface area contributed by atoms with E-state index in [-0.39, 0.29) is 34.3 Å². The second kappa shape index (κ2) is 3.11. The molecule has 5 nitrogen and oxygen atoms in total. The van der Waals surface area contributed by atoms with Gasteiger partial charge in [-0.15, -0.1) is 0 Å². The molecule has 5 heteroatoms.